The Morgan fingerprint density at radius 2 is 1.92 bits per heavy atom. The van der Waals surface area contributed by atoms with Gasteiger partial charge < -0.3 is 5.32 Å². The molecule has 1 amide bonds. The maximum Gasteiger partial charge on any atom is 0.281 e. The molecular weight excluding hydrogens is 326 g/mol. The first kappa shape index (κ1) is 16.9. The number of hydrogen-bond donors (Lipinski definition) is 1. The Labute approximate surface area is 143 Å². The minimum Gasteiger partial charge on any atom is -0.305 e. The van der Waals surface area contributed by atoms with E-state index < -0.39 is 11.6 Å². The molecule has 3 rings (SSSR count). The van der Waals surface area contributed by atoms with Crippen molar-refractivity contribution in [2.75, 3.05) is 11.9 Å². The van der Waals surface area contributed by atoms with Crippen LogP contribution in [0.3, 0.4) is 0 Å². The molecule has 1 aromatic heterocycles. The van der Waals surface area contributed by atoms with Gasteiger partial charge in [-0.1, -0.05) is 6.07 Å². The Morgan fingerprint density at radius 1 is 1.16 bits per heavy atom. The number of carbonyl (C=O) groups excluding carboxylic acids is 1. The Bertz CT molecular complexity index is 840. The molecule has 1 aromatic carbocycles. The lowest BCUT2D eigenvalue weighted by Crippen LogP contribution is -2.14. The standard InChI is InChI=1S/C18H16F2N4O/c1-2-24-6-5-16(23-24)18(25)22-17-4-3-12(11-21-17)7-13-8-14(19)10-15(20)9-13/h3-6,8-11H,2,7H2,1H3,(H,21,22,25)/q+1. The van der Waals surface area contributed by atoms with Crippen LogP contribution < -0.4 is 5.32 Å². The van der Waals surface area contributed by atoms with E-state index in [9.17, 15) is 13.6 Å². The molecule has 1 radical (unpaired) electrons. The maximum absolute atomic E-state index is 13.2. The SMILES string of the molecule is CC[N+]1=NC(C(=O)Nc2ccc(Cc3cc(F)cc(F)c3)cn2)=C[CH]1. The first-order valence-electron chi connectivity index (χ1n) is 7.78. The van der Waals surface area contributed by atoms with Crippen molar-refractivity contribution in [1.29, 1.82) is 0 Å². The van der Waals surface area contributed by atoms with Gasteiger partial charge in [0.05, 0.1) is 0 Å². The van der Waals surface area contributed by atoms with Gasteiger partial charge in [-0.05, 0) is 42.7 Å². The number of nitrogens with one attached hydrogen (secondary N) is 1. The van der Waals surface area contributed by atoms with Crippen molar-refractivity contribution < 1.29 is 18.3 Å². The second-order valence-corrected chi connectivity index (χ2v) is 5.52. The Hall–Kier alpha value is -2.96. The number of carbonyl (C=O) groups is 1. The molecule has 25 heavy (non-hydrogen) atoms. The van der Waals surface area contributed by atoms with E-state index in [2.05, 4.69) is 15.4 Å². The minimum atomic E-state index is -0.613. The molecule has 0 unspecified atom stereocenters. The van der Waals surface area contributed by atoms with Crippen LogP contribution in [-0.2, 0) is 11.2 Å². The largest absolute Gasteiger partial charge is 0.305 e. The normalized spacial score (nSPS) is 13.4. The summed E-state index contributed by atoms with van der Waals surface area (Å²) < 4.78 is 28.1. The quantitative estimate of drug-likeness (QED) is 0.847. The Balaban J connectivity index is 1.64. The lowest BCUT2D eigenvalue weighted by Gasteiger charge is -2.05. The van der Waals surface area contributed by atoms with E-state index >= 15 is 0 Å². The van der Waals surface area contributed by atoms with Crippen LogP contribution in [0.15, 0.2) is 53.4 Å². The van der Waals surface area contributed by atoms with E-state index in [1.165, 1.54) is 12.1 Å². The van der Waals surface area contributed by atoms with Crippen LogP contribution in [0, 0.1) is 18.2 Å². The summed E-state index contributed by atoms with van der Waals surface area (Å²) in [4.78, 5) is 16.2. The topological polar surface area (TPSA) is 57.4 Å². The van der Waals surface area contributed by atoms with E-state index in [1.54, 1.807) is 35.6 Å². The molecule has 1 N–H and O–H groups in total. The number of pyridine rings is 1. The third kappa shape index (κ3) is 4.32. The number of aromatic nitrogens is 1. The number of hydrogen-bond acceptors (Lipinski definition) is 3. The van der Waals surface area contributed by atoms with E-state index in [1.807, 2.05) is 6.92 Å². The zero-order valence-corrected chi connectivity index (χ0v) is 13.5. The monoisotopic (exact) mass is 342 g/mol. The molecular formula is C18H16F2N4O+. The van der Waals surface area contributed by atoms with Gasteiger partial charge in [-0.15, -0.1) is 4.70 Å². The molecule has 5 nitrogen and oxygen atoms in total. The second-order valence-electron chi connectivity index (χ2n) is 5.52. The van der Waals surface area contributed by atoms with Gasteiger partial charge >= 0.3 is 0 Å². The molecule has 127 valence electrons. The lowest BCUT2D eigenvalue weighted by molar-refractivity contribution is -0.539. The zero-order chi connectivity index (χ0) is 17.8. The number of anilines is 1. The molecule has 0 bridgehead atoms. The number of amides is 1. The third-order valence-corrected chi connectivity index (χ3v) is 3.59. The maximum atomic E-state index is 13.2. The first-order valence-corrected chi connectivity index (χ1v) is 7.78. The molecule has 2 heterocycles. The fourth-order valence-electron chi connectivity index (χ4n) is 2.39. The number of rotatable bonds is 5. The van der Waals surface area contributed by atoms with Gasteiger partial charge in [0.2, 0.25) is 0 Å². The highest BCUT2D eigenvalue weighted by Crippen LogP contribution is 2.15. The summed E-state index contributed by atoms with van der Waals surface area (Å²) >= 11 is 0. The van der Waals surface area contributed by atoms with Gasteiger partial charge in [-0.25, -0.2) is 13.8 Å². The number of likely N-dealkylation sites (N-methyl/N-ethyl adjacent to an activating group) is 1. The molecule has 0 saturated heterocycles. The fraction of sp³-hybridized carbons (Fsp3) is 0.167. The number of nitrogens with zero attached hydrogens (tertiary/aromatic N) is 3. The summed E-state index contributed by atoms with van der Waals surface area (Å²) in [5.74, 6) is -1.19. The predicted molar refractivity (Wildman–Crippen MR) is 87.6 cm³/mol. The molecule has 0 atom stereocenters. The van der Waals surface area contributed by atoms with Crippen molar-refractivity contribution in [2.45, 2.75) is 13.3 Å². The minimum absolute atomic E-state index is 0.308. The number of azo groups is 2. The van der Waals surface area contributed by atoms with Crippen molar-refractivity contribution in [2.24, 2.45) is 5.11 Å². The van der Waals surface area contributed by atoms with Gasteiger partial charge in [-0.2, -0.15) is 0 Å². The molecule has 0 fully saturated rings. The first-order chi connectivity index (χ1) is 12.0. The van der Waals surface area contributed by atoms with E-state index in [0.29, 0.717) is 30.0 Å². The van der Waals surface area contributed by atoms with Crippen LogP contribution in [0.4, 0.5) is 14.6 Å². The molecule has 0 aliphatic carbocycles. The van der Waals surface area contributed by atoms with Gasteiger partial charge in [0, 0.05) is 23.5 Å². The lowest BCUT2D eigenvalue weighted by atomic mass is 10.1. The molecule has 1 aliphatic heterocycles. The van der Waals surface area contributed by atoms with Crippen LogP contribution in [0.5, 0.6) is 0 Å². The summed E-state index contributed by atoms with van der Waals surface area (Å²) in [6.45, 7) is 4.34. The van der Waals surface area contributed by atoms with Crippen LogP contribution in [0.25, 0.3) is 0 Å². The summed E-state index contributed by atoms with van der Waals surface area (Å²) in [6.07, 6.45) is 3.53. The highest BCUT2D eigenvalue weighted by molar-refractivity contribution is 6.03. The molecule has 0 saturated carbocycles. The van der Waals surface area contributed by atoms with Gasteiger partial charge in [0.1, 0.15) is 17.5 Å². The van der Waals surface area contributed by atoms with Crippen molar-refractivity contribution in [1.82, 2.24) is 4.98 Å². The van der Waals surface area contributed by atoms with Gasteiger partial charge in [0.15, 0.2) is 12.2 Å². The Morgan fingerprint density at radius 3 is 2.52 bits per heavy atom. The van der Waals surface area contributed by atoms with Gasteiger partial charge in [-0.3, -0.25) is 4.79 Å². The summed E-state index contributed by atoms with van der Waals surface area (Å²) in [5, 5.41) is 6.78. The van der Waals surface area contributed by atoms with Crippen molar-refractivity contribution in [3.63, 3.8) is 0 Å². The fourth-order valence-corrected chi connectivity index (χ4v) is 2.39. The molecule has 0 spiro atoms. The van der Waals surface area contributed by atoms with Crippen molar-refractivity contribution >= 4 is 11.7 Å². The molecule has 7 heteroatoms. The summed E-state index contributed by atoms with van der Waals surface area (Å²) in [6, 6.07) is 6.78. The Kier molecular flexibility index (Phi) is 4.92. The highest BCUT2D eigenvalue weighted by Gasteiger charge is 2.21. The zero-order valence-electron chi connectivity index (χ0n) is 13.5. The smallest absolute Gasteiger partial charge is 0.281 e. The summed E-state index contributed by atoms with van der Waals surface area (Å²) in [5.41, 5.74) is 1.60. The van der Waals surface area contributed by atoms with E-state index in [-0.39, 0.29) is 5.91 Å². The van der Waals surface area contributed by atoms with Crippen LogP contribution in [-0.4, -0.2) is 22.1 Å². The third-order valence-electron chi connectivity index (χ3n) is 3.59. The average molecular weight is 342 g/mol. The molecule has 1 aliphatic rings. The van der Waals surface area contributed by atoms with Crippen molar-refractivity contribution in [3.05, 3.63) is 77.6 Å². The molecule has 2 aromatic rings. The van der Waals surface area contributed by atoms with Gasteiger partial charge in [0.25, 0.3) is 12.5 Å². The van der Waals surface area contributed by atoms with Crippen molar-refractivity contribution in [3.8, 4) is 0 Å². The average Bonchev–Trinajstić information content (AvgIpc) is 3.05. The van der Waals surface area contributed by atoms with Crippen LogP contribution >= 0.6 is 0 Å². The van der Waals surface area contributed by atoms with Crippen LogP contribution in [0.2, 0.25) is 0 Å². The number of benzene rings is 1. The predicted octanol–water partition coefficient (Wildman–Crippen LogP) is 3.43. The summed E-state index contributed by atoms with van der Waals surface area (Å²) in [7, 11) is 0. The van der Waals surface area contributed by atoms with E-state index in [4.69, 9.17) is 0 Å². The highest BCUT2D eigenvalue weighted by atomic mass is 19.1. The number of halogens is 2. The second kappa shape index (κ2) is 7.29. The van der Waals surface area contributed by atoms with Crippen LogP contribution in [0.1, 0.15) is 18.1 Å². The van der Waals surface area contributed by atoms with E-state index in [0.717, 1.165) is 11.6 Å².